The number of unbranched alkanes of at least 4 members (excludes halogenated alkanes) is 1. The molecule has 0 bridgehead atoms. The fourth-order valence-corrected chi connectivity index (χ4v) is 6.62. The molecule has 2 aromatic carbocycles. The molecule has 3 atom stereocenters. The van der Waals surface area contributed by atoms with Gasteiger partial charge in [0.05, 0.1) is 19.1 Å². The second-order valence-electron chi connectivity index (χ2n) is 11.4. The molecule has 0 aromatic heterocycles. The number of benzene rings is 2. The summed E-state index contributed by atoms with van der Waals surface area (Å²) in [6, 6.07) is 14.0. The fraction of sp³-hybridized carbons (Fsp3) is 0.594. The van der Waals surface area contributed by atoms with Gasteiger partial charge in [0, 0.05) is 35.9 Å². The van der Waals surface area contributed by atoms with E-state index in [1.807, 2.05) is 17.0 Å². The minimum absolute atomic E-state index is 0.0991. The summed E-state index contributed by atoms with van der Waals surface area (Å²) in [7, 11) is 0. The number of amides is 1. The Morgan fingerprint density at radius 2 is 1.95 bits per heavy atom. The lowest BCUT2D eigenvalue weighted by Crippen LogP contribution is -2.66. The molecular formula is C32H46Cl2N4O2. The van der Waals surface area contributed by atoms with Gasteiger partial charge in [-0.1, -0.05) is 80.2 Å². The number of likely N-dealkylation sites (tertiary alicyclic amines) is 1. The number of ether oxygens (including phenoxy) is 1. The fourth-order valence-electron chi connectivity index (χ4n) is 6.13. The van der Waals surface area contributed by atoms with E-state index in [1.54, 1.807) is 6.07 Å². The van der Waals surface area contributed by atoms with Crippen LogP contribution in [0.4, 0.5) is 0 Å². The van der Waals surface area contributed by atoms with Crippen LogP contribution in [-0.2, 0) is 21.6 Å². The summed E-state index contributed by atoms with van der Waals surface area (Å²) in [4.78, 5) is 16.0. The molecular weight excluding hydrogens is 543 g/mol. The van der Waals surface area contributed by atoms with Crippen molar-refractivity contribution in [2.75, 3.05) is 39.5 Å². The van der Waals surface area contributed by atoms with Gasteiger partial charge in [-0.15, -0.1) is 0 Å². The van der Waals surface area contributed by atoms with E-state index in [4.69, 9.17) is 27.9 Å². The molecule has 0 saturated carbocycles. The van der Waals surface area contributed by atoms with E-state index < -0.39 is 5.60 Å². The number of nitrogens with zero attached hydrogens (tertiary/aromatic N) is 1. The third-order valence-corrected chi connectivity index (χ3v) is 9.03. The third kappa shape index (κ3) is 7.78. The molecule has 0 spiro atoms. The molecule has 0 aliphatic carbocycles. The number of aryl methyl sites for hydroxylation is 1. The second-order valence-corrected chi connectivity index (χ2v) is 12.3. The van der Waals surface area contributed by atoms with Gasteiger partial charge in [-0.2, -0.15) is 0 Å². The highest BCUT2D eigenvalue weighted by Crippen LogP contribution is 2.38. The Balaban J connectivity index is 1.48. The highest BCUT2D eigenvalue weighted by Gasteiger charge is 2.49. The number of halogens is 2. The number of hydrogen-bond donors (Lipinski definition) is 3. The number of rotatable bonds is 15. The molecule has 0 radical (unpaired) electrons. The van der Waals surface area contributed by atoms with Gasteiger partial charge in [-0.3, -0.25) is 4.79 Å². The van der Waals surface area contributed by atoms with Crippen LogP contribution in [0.1, 0.15) is 62.6 Å². The van der Waals surface area contributed by atoms with Crippen molar-refractivity contribution in [3.05, 3.63) is 69.2 Å². The van der Waals surface area contributed by atoms with Crippen LogP contribution in [0.5, 0.6) is 0 Å². The van der Waals surface area contributed by atoms with Gasteiger partial charge in [0.2, 0.25) is 5.91 Å². The van der Waals surface area contributed by atoms with Crippen molar-refractivity contribution in [3.63, 3.8) is 0 Å². The molecule has 3 N–H and O–H groups in total. The van der Waals surface area contributed by atoms with Gasteiger partial charge in [0.15, 0.2) is 0 Å². The van der Waals surface area contributed by atoms with E-state index in [0.29, 0.717) is 48.1 Å². The average Bonchev–Trinajstić information content (AvgIpc) is 3.45. The highest BCUT2D eigenvalue weighted by atomic mass is 35.5. The smallest absolute Gasteiger partial charge is 0.240 e. The minimum Gasteiger partial charge on any atom is -0.367 e. The van der Waals surface area contributed by atoms with E-state index in [-0.39, 0.29) is 11.9 Å². The third-order valence-electron chi connectivity index (χ3n) is 8.44. The Morgan fingerprint density at radius 3 is 2.62 bits per heavy atom. The average molecular weight is 590 g/mol. The molecule has 2 aliphatic rings. The molecule has 6 nitrogen and oxygen atoms in total. The van der Waals surface area contributed by atoms with Crippen molar-refractivity contribution in [2.24, 2.45) is 5.92 Å². The summed E-state index contributed by atoms with van der Waals surface area (Å²) in [5.41, 5.74) is 2.85. The van der Waals surface area contributed by atoms with Crippen LogP contribution in [0.25, 0.3) is 0 Å². The van der Waals surface area contributed by atoms with E-state index in [2.05, 4.69) is 61.0 Å². The van der Waals surface area contributed by atoms with Gasteiger partial charge in [-0.25, -0.2) is 0 Å². The summed E-state index contributed by atoms with van der Waals surface area (Å²) in [5, 5.41) is 11.8. The van der Waals surface area contributed by atoms with Crippen molar-refractivity contribution < 1.29 is 9.53 Å². The van der Waals surface area contributed by atoms with Crippen LogP contribution in [-0.4, -0.2) is 62.3 Å². The summed E-state index contributed by atoms with van der Waals surface area (Å²) in [6.45, 7) is 11.0. The maximum atomic E-state index is 14.0. The van der Waals surface area contributed by atoms with Gasteiger partial charge < -0.3 is 25.6 Å². The lowest BCUT2D eigenvalue weighted by Gasteiger charge is -2.51. The molecule has 2 aromatic rings. The van der Waals surface area contributed by atoms with Gasteiger partial charge in [-0.05, 0) is 73.9 Å². The van der Waals surface area contributed by atoms with Gasteiger partial charge in [0.25, 0.3) is 0 Å². The highest BCUT2D eigenvalue weighted by molar-refractivity contribution is 6.35. The first kappa shape index (κ1) is 31.3. The number of carbonyl (C=O) groups is 1. The van der Waals surface area contributed by atoms with Gasteiger partial charge in [0.1, 0.15) is 5.60 Å². The Labute approximate surface area is 250 Å². The van der Waals surface area contributed by atoms with Crippen molar-refractivity contribution in [1.82, 2.24) is 20.9 Å². The first-order chi connectivity index (χ1) is 19.4. The molecule has 1 amide bonds. The van der Waals surface area contributed by atoms with Crippen LogP contribution in [0.15, 0.2) is 42.5 Å². The molecule has 2 saturated heterocycles. The second kappa shape index (κ2) is 15.0. The van der Waals surface area contributed by atoms with Crippen molar-refractivity contribution in [1.29, 1.82) is 0 Å². The molecule has 2 aliphatic heterocycles. The zero-order valence-electron chi connectivity index (χ0n) is 24.3. The van der Waals surface area contributed by atoms with Crippen LogP contribution < -0.4 is 16.0 Å². The molecule has 3 unspecified atom stereocenters. The predicted octanol–water partition coefficient (Wildman–Crippen LogP) is 5.68. The Bertz CT molecular complexity index is 1100. The number of nitrogens with one attached hydrogen (secondary N) is 3. The zero-order valence-corrected chi connectivity index (χ0v) is 25.8. The van der Waals surface area contributed by atoms with Crippen LogP contribution in [0.3, 0.4) is 0 Å². The predicted molar refractivity (Wildman–Crippen MR) is 165 cm³/mol. The summed E-state index contributed by atoms with van der Waals surface area (Å²) < 4.78 is 6.52. The lowest BCUT2D eigenvalue weighted by atomic mass is 9.82. The van der Waals surface area contributed by atoms with E-state index in [1.165, 1.54) is 17.5 Å². The summed E-state index contributed by atoms with van der Waals surface area (Å²) in [5.74, 6) is 0.661. The standard InChI is InChI=1S/C32H46Cl2N4O2/c1-4-6-16-40-32(27-11-8-7-10-23(27)3)20-38(21-32)31(39)29(17-25-12-13-26(33)18-28(25)34)36-15-14-24(9-5-2)30-19-35-22-37-30/h7-8,10-13,18,24,29-30,35-37H,4-6,9,14-17,19-22H2,1-3H3. The lowest BCUT2D eigenvalue weighted by molar-refractivity contribution is -0.175. The Morgan fingerprint density at radius 1 is 1.15 bits per heavy atom. The van der Waals surface area contributed by atoms with Crippen molar-refractivity contribution in [2.45, 2.75) is 77.0 Å². The van der Waals surface area contributed by atoms with Crippen LogP contribution in [0, 0.1) is 12.8 Å². The minimum atomic E-state index is -0.452. The molecule has 2 fully saturated rings. The van der Waals surface area contributed by atoms with Crippen molar-refractivity contribution in [3.8, 4) is 0 Å². The van der Waals surface area contributed by atoms with Crippen molar-refractivity contribution >= 4 is 29.1 Å². The Hall–Kier alpha value is -1.67. The maximum absolute atomic E-state index is 14.0. The Kier molecular flexibility index (Phi) is 11.7. The van der Waals surface area contributed by atoms with Crippen LogP contribution in [0.2, 0.25) is 10.0 Å². The van der Waals surface area contributed by atoms with Gasteiger partial charge >= 0.3 is 0 Å². The molecule has 2 heterocycles. The molecule has 4 rings (SSSR count). The van der Waals surface area contributed by atoms with E-state index >= 15 is 0 Å². The van der Waals surface area contributed by atoms with E-state index in [9.17, 15) is 4.79 Å². The van der Waals surface area contributed by atoms with E-state index in [0.717, 1.165) is 51.0 Å². The zero-order chi connectivity index (χ0) is 28.5. The van der Waals surface area contributed by atoms with Crippen LogP contribution >= 0.6 is 23.2 Å². The SMILES string of the molecule is CCCCOC1(c2ccccc2C)CN(C(=O)C(Cc2ccc(Cl)cc2Cl)NCCC(CCC)C2CNCN2)C1. The monoisotopic (exact) mass is 588 g/mol. The normalized spacial score (nSPS) is 19.8. The maximum Gasteiger partial charge on any atom is 0.240 e. The first-order valence-electron chi connectivity index (χ1n) is 15.0. The topological polar surface area (TPSA) is 65.6 Å². The quantitative estimate of drug-likeness (QED) is 0.233. The molecule has 8 heteroatoms. The molecule has 40 heavy (non-hydrogen) atoms. The molecule has 220 valence electrons. The summed E-state index contributed by atoms with van der Waals surface area (Å²) in [6.07, 6.45) is 5.93. The summed E-state index contributed by atoms with van der Waals surface area (Å²) >= 11 is 12.7. The largest absolute Gasteiger partial charge is 0.367 e. The number of hydrogen-bond acceptors (Lipinski definition) is 5. The number of carbonyl (C=O) groups excluding carboxylic acids is 1. The first-order valence-corrected chi connectivity index (χ1v) is 15.7.